The Balaban J connectivity index is 4.05. The number of hydrogen-bond donors (Lipinski definition) is 2. The zero-order valence-electron chi connectivity index (χ0n) is 33.1. The van der Waals surface area contributed by atoms with E-state index in [1.807, 2.05) is 0 Å². The topological polar surface area (TPSA) is 117 Å². The van der Waals surface area contributed by atoms with Crippen LogP contribution in [0, 0.1) is 0 Å². The Hall–Kier alpha value is -1.28. The second kappa shape index (κ2) is 39.9. The molecule has 0 rings (SSSR count). The summed E-state index contributed by atoms with van der Waals surface area (Å²) in [5.74, 6) is -0.342. The third kappa shape index (κ3) is 39.8. The number of allylic oxidation sites excluding steroid dienone is 6. The smallest absolute Gasteiger partial charge is 0.457 e. The summed E-state index contributed by atoms with van der Waals surface area (Å²) in [5.41, 5.74) is 5.36. The fourth-order valence-corrected chi connectivity index (χ4v) is 6.43. The summed E-state index contributed by atoms with van der Waals surface area (Å²) >= 11 is 0. The van der Waals surface area contributed by atoms with Gasteiger partial charge in [-0.15, -0.1) is 0 Å². The van der Waals surface area contributed by atoms with Crippen molar-refractivity contribution in [3.63, 3.8) is 0 Å². The standard InChI is InChI=1S/C42H80NO7P/c1-3-5-7-9-11-13-15-17-19-20-21-22-24-26-28-30-32-34-37-47-39-41(40-49-51(45,46)48-38-36-43)50-42(44)35-33-31-29-27-25-23-18-16-14-12-10-8-6-4-2/h11,13,16-19,41H,3-10,12,14-15,20-40,43H2,1-2H3,(H,45,46)/b13-11-,18-16-,19-17-. The van der Waals surface area contributed by atoms with Crippen LogP contribution < -0.4 is 5.73 Å². The number of nitrogens with two attached hydrogens (primary N) is 1. The van der Waals surface area contributed by atoms with Gasteiger partial charge in [0.05, 0.1) is 19.8 Å². The van der Waals surface area contributed by atoms with Crippen molar-refractivity contribution in [1.82, 2.24) is 0 Å². The molecule has 0 aromatic heterocycles. The molecule has 0 aliphatic rings. The molecule has 0 radical (unpaired) electrons. The molecule has 8 nitrogen and oxygen atoms in total. The number of ether oxygens (including phenoxy) is 2. The van der Waals surface area contributed by atoms with Crippen LogP contribution in [0.1, 0.15) is 187 Å². The van der Waals surface area contributed by atoms with E-state index < -0.39 is 13.9 Å². The van der Waals surface area contributed by atoms with Crippen molar-refractivity contribution in [3.8, 4) is 0 Å². The van der Waals surface area contributed by atoms with Gasteiger partial charge in [0.15, 0.2) is 0 Å². The zero-order valence-corrected chi connectivity index (χ0v) is 34.0. The van der Waals surface area contributed by atoms with Gasteiger partial charge in [-0.3, -0.25) is 13.8 Å². The molecule has 2 unspecified atom stereocenters. The summed E-state index contributed by atoms with van der Waals surface area (Å²) in [7, 11) is -4.28. The number of hydrogen-bond acceptors (Lipinski definition) is 7. The molecular formula is C42H80NO7P. The molecule has 0 aromatic rings. The summed E-state index contributed by atoms with van der Waals surface area (Å²) in [6.45, 7) is 4.87. The maximum Gasteiger partial charge on any atom is 0.472 e. The Morgan fingerprint density at radius 1 is 0.588 bits per heavy atom. The quantitative estimate of drug-likeness (QED) is 0.0276. The molecule has 0 saturated carbocycles. The van der Waals surface area contributed by atoms with Crippen molar-refractivity contribution >= 4 is 13.8 Å². The van der Waals surface area contributed by atoms with Gasteiger partial charge in [-0.1, -0.05) is 147 Å². The lowest BCUT2D eigenvalue weighted by molar-refractivity contribution is -0.154. The minimum atomic E-state index is -4.28. The molecule has 0 aromatic carbocycles. The molecule has 0 saturated heterocycles. The summed E-state index contributed by atoms with van der Waals surface area (Å²) < 4.78 is 33.4. The van der Waals surface area contributed by atoms with E-state index in [2.05, 4.69) is 50.3 Å². The van der Waals surface area contributed by atoms with Crippen LogP contribution in [0.15, 0.2) is 36.5 Å². The van der Waals surface area contributed by atoms with Gasteiger partial charge in [0.1, 0.15) is 6.10 Å². The average Bonchev–Trinajstić information content (AvgIpc) is 3.12. The first-order valence-electron chi connectivity index (χ1n) is 21.0. The minimum absolute atomic E-state index is 0.0977. The third-order valence-electron chi connectivity index (χ3n) is 8.78. The van der Waals surface area contributed by atoms with E-state index in [0.29, 0.717) is 13.0 Å². The van der Waals surface area contributed by atoms with Crippen LogP contribution in [-0.2, 0) is 27.9 Å². The number of carbonyl (C=O) groups is 1. The van der Waals surface area contributed by atoms with Crippen molar-refractivity contribution in [3.05, 3.63) is 36.5 Å². The van der Waals surface area contributed by atoms with Gasteiger partial charge in [-0.25, -0.2) is 4.57 Å². The van der Waals surface area contributed by atoms with Gasteiger partial charge in [-0.05, 0) is 70.6 Å². The van der Waals surface area contributed by atoms with Gasteiger partial charge in [0.25, 0.3) is 0 Å². The lowest BCUT2D eigenvalue weighted by Crippen LogP contribution is -2.28. The van der Waals surface area contributed by atoms with Gasteiger partial charge in [0, 0.05) is 19.6 Å². The third-order valence-corrected chi connectivity index (χ3v) is 9.76. The van der Waals surface area contributed by atoms with Crippen molar-refractivity contribution in [1.29, 1.82) is 0 Å². The summed E-state index contributed by atoms with van der Waals surface area (Å²) in [6, 6.07) is 0. The number of carbonyl (C=O) groups excluding carboxylic acids is 1. The maximum absolute atomic E-state index is 12.6. The molecule has 3 N–H and O–H groups in total. The first-order chi connectivity index (χ1) is 24.9. The summed E-state index contributed by atoms with van der Waals surface area (Å²) in [6.07, 6.45) is 44.4. The van der Waals surface area contributed by atoms with Crippen LogP contribution in [-0.4, -0.2) is 49.9 Å². The fraction of sp³-hybridized carbons (Fsp3) is 0.833. The summed E-state index contributed by atoms with van der Waals surface area (Å²) in [4.78, 5) is 22.4. The Bertz CT molecular complexity index is 879. The summed E-state index contributed by atoms with van der Waals surface area (Å²) in [5, 5.41) is 0. The van der Waals surface area contributed by atoms with Gasteiger partial charge >= 0.3 is 13.8 Å². The van der Waals surface area contributed by atoms with E-state index in [1.54, 1.807) is 0 Å². The Morgan fingerprint density at radius 3 is 1.59 bits per heavy atom. The van der Waals surface area contributed by atoms with E-state index >= 15 is 0 Å². The Labute approximate surface area is 314 Å². The average molecular weight is 742 g/mol. The molecule has 2 atom stereocenters. The van der Waals surface area contributed by atoms with Gasteiger partial charge in [0.2, 0.25) is 0 Å². The van der Waals surface area contributed by atoms with Gasteiger partial charge in [-0.2, -0.15) is 0 Å². The number of phosphoric acid groups is 1. The van der Waals surface area contributed by atoms with Crippen molar-refractivity contribution < 1.29 is 32.8 Å². The fourth-order valence-electron chi connectivity index (χ4n) is 5.67. The van der Waals surface area contributed by atoms with Crippen LogP contribution in [0.2, 0.25) is 0 Å². The highest BCUT2D eigenvalue weighted by molar-refractivity contribution is 7.47. The number of rotatable bonds is 40. The monoisotopic (exact) mass is 742 g/mol. The van der Waals surface area contributed by atoms with Crippen LogP contribution in [0.4, 0.5) is 0 Å². The highest BCUT2D eigenvalue weighted by atomic mass is 31.2. The molecule has 300 valence electrons. The van der Waals surface area contributed by atoms with E-state index in [9.17, 15) is 14.3 Å². The minimum Gasteiger partial charge on any atom is -0.457 e. The number of phosphoric ester groups is 1. The highest BCUT2D eigenvalue weighted by Gasteiger charge is 2.25. The van der Waals surface area contributed by atoms with Crippen molar-refractivity contribution in [2.24, 2.45) is 5.73 Å². The van der Waals surface area contributed by atoms with Crippen LogP contribution in [0.25, 0.3) is 0 Å². The number of unbranched alkanes of at least 4 members (excludes halogenated alkanes) is 21. The lowest BCUT2D eigenvalue weighted by atomic mass is 10.1. The second-order valence-electron chi connectivity index (χ2n) is 13.8. The molecule has 0 heterocycles. The first kappa shape index (κ1) is 49.7. The normalized spacial score (nSPS) is 13.9. The molecule has 9 heteroatoms. The zero-order chi connectivity index (χ0) is 37.4. The van der Waals surface area contributed by atoms with Crippen LogP contribution in [0.5, 0.6) is 0 Å². The predicted octanol–water partition coefficient (Wildman–Crippen LogP) is 12.2. The van der Waals surface area contributed by atoms with Gasteiger partial charge < -0.3 is 20.1 Å². The molecule has 0 aliphatic heterocycles. The molecule has 0 bridgehead atoms. The first-order valence-corrected chi connectivity index (χ1v) is 22.5. The van der Waals surface area contributed by atoms with E-state index in [0.717, 1.165) is 51.4 Å². The van der Waals surface area contributed by atoms with E-state index in [-0.39, 0.29) is 32.3 Å². The van der Waals surface area contributed by atoms with Crippen LogP contribution in [0.3, 0.4) is 0 Å². The molecule has 0 aliphatic carbocycles. The highest BCUT2D eigenvalue weighted by Crippen LogP contribution is 2.43. The molecule has 0 amide bonds. The van der Waals surface area contributed by atoms with Crippen molar-refractivity contribution in [2.75, 3.05) is 33.0 Å². The Morgan fingerprint density at radius 2 is 1.04 bits per heavy atom. The Kier molecular flexibility index (Phi) is 38.9. The molecule has 51 heavy (non-hydrogen) atoms. The van der Waals surface area contributed by atoms with E-state index in [1.165, 1.54) is 116 Å². The maximum atomic E-state index is 12.6. The molecule has 0 fully saturated rings. The predicted molar refractivity (Wildman–Crippen MR) is 215 cm³/mol. The van der Waals surface area contributed by atoms with Crippen LogP contribution >= 0.6 is 7.82 Å². The molecular weight excluding hydrogens is 661 g/mol. The number of esters is 1. The largest absolute Gasteiger partial charge is 0.472 e. The lowest BCUT2D eigenvalue weighted by Gasteiger charge is -2.20. The van der Waals surface area contributed by atoms with E-state index in [4.69, 9.17) is 24.3 Å². The SMILES string of the molecule is CCCCC/C=C\C/C=C\CCCCCCCCCCOCC(COP(=O)(O)OCCN)OC(=O)CCCCCCC/C=C\CCCCCCC. The van der Waals surface area contributed by atoms with Crippen molar-refractivity contribution in [2.45, 2.75) is 193 Å². The second-order valence-corrected chi connectivity index (χ2v) is 15.3. The molecule has 0 spiro atoms.